The fraction of sp³-hybridized carbons (Fsp3) is 0.125. The molecule has 0 amide bonds. The highest BCUT2D eigenvalue weighted by Gasteiger charge is 2.07. The van der Waals surface area contributed by atoms with Crippen molar-refractivity contribution in [1.29, 1.82) is 0 Å². The summed E-state index contributed by atoms with van der Waals surface area (Å²) in [6.45, 7) is 0. The minimum Gasteiger partial charge on any atom is -0.478 e. The summed E-state index contributed by atoms with van der Waals surface area (Å²) in [7, 11) is 0. The molecular weight excluding hydrogens is 234 g/mol. The van der Waals surface area contributed by atoms with E-state index in [0.29, 0.717) is 5.88 Å². The van der Waals surface area contributed by atoms with Gasteiger partial charge in [-0.1, -0.05) is 17.7 Å². The topological polar surface area (TPSA) is 37.3 Å². The van der Waals surface area contributed by atoms with Crippen LogP contribution >= 0.6 is 35.6 Å². The van der Waals surface area contributed by atoms with Gasteiger partial charge in [-0.05, 0) is 17.7 Å². The lowest BCUT2D eigenvalue weighted by Gasteiger charge is -1.99. The van der Waals surface area contributed by atoms with E-state index in [0.717, 1.165) is 5.56 Å². The summed E-state index contributed by atoms with van der Waals surface area (Å²) in [5.74, 6) is -0.694. The Morgan fingerprint density at radius 2 is 2.08 bits per heavy atom. The standard InChI is InChI=1S/C8H6Cl2O2.ClH/c9-4-5-1-2-6(8(11)12)7(10)3-5;/h1-3H,4H2,(H,11,12);1H. The molecule has 72 valence electrons. The predicted octanol–water partition coefficient (Wildman–Crippen LogP) is 3.20. The molecule has 0 saturated heterocycles. The highest BCUT2D eigenvalue weighted by Crippen LogP contribution is 2.18. The van der Waals surface area contributed by atoms with Crippen LogP contribution in [0.5, 0.6) is 0 Å². The Morgan fingerprint density at radius 1 is 1.46 bits per heavy atom. The van der Waals surface area contributed by atoms with Crippen molar-refractivity contribution >= 4 is 41.6 Å². The van der Waals surface area contributed by atoms with Gasteiger partial charge in [-0.3, -0.25) is 0 Å². The van der Waals surface area contributed by atoms with Crippen molar-refractivity contribution in [3.05, 3.63) is 34.3 Å². The molecule has 13 heavy (non-hydrogen) atoms. The molecule has 0 unspecified atom stereocenters. The molecule has 1 N–H and O–H groups in total. The van der Waals surface area contributed by atoms with Crippen LogP contribution < -0.4 is 0 Å². The van der Waals surface area contributed by atoms with E-state index in [4.69, 9.17) is 28.3 Å². The maximum Gasteiger partial charge on any atom is 0.337 e. The number of benzene rings is 1. The third-order valence-corrected chi connectivity index (χ3v) is 2.04. The SMILES string of the molecule is Cl.O=C(O)c1ccc(CCl)cc1Cl. The van der Waals surface area contributed by atoms with Gasteiger partial charge in [0.1, 0.15) is 0 Å². The smallest absolute Gasteiger partial charge is 0.337 e. The summed E-state index contributed by atoms with van der Waals surface area (Å²) in [5.41, 5.74) is 0.914. The lowest BCUT2D eigenvalue weighted by molar-refractivity contribution is 0.0697. The molecule has 0 atom stereocenters. The van der Waals surface area contributed by atoms with Crippen LogP contribution in [-0.4, -0.2) is 11.1 Å². The lowest BCUT2D eigenvalue weighted by Crippen LogP contribution is -1.97. The first-order chi connectivity index (χ1) is 5.65. The molecule has 0 saturated carbocycles. The van der Waals surface area contributed by atoms with Crippen LogP contribution in [0.25, 0.3) is 0 Å². The van der Waals surface area contributed by atoms with Gasteiger partial charge in [0.05, 0.1) is 10.6 Å². The second kappa shape index (κ2) is 5.32. The number of carboxylic acids is 1. The maximum absolute atomic E-state index is 10.5. The summed E-state index contributed by atoms with van der Waals surface area (Å²) in [6.07, 6.45) is 0. The fourth-order valence-corrected chi connectivity index (χ4v) is 1.27. The Morgan fingerprint density at radius 3 is 2.46 bits per heavy atom. The molecule has 1 rings (SSSR count). The number of aromatic carboxylic acids is 1. The number of rotatable bonds is 2. The molecule has 0 aromatic heterocycles. The summed E-state index contributed by atoms with van der Waals surface area (Å²) < 4.78 is 0. The number of carboxylic acid groups (broad SMARTS) is 1. The molecule has 5 heteroatoms. The largest absolute Gasteiger partial charge is 0.478 e. The number of carbonyl (C=O) groups is 1. The van der Waals surface area contributed by atoms with Crippen LogP contribution in [0.2, 0.25) is 5.02 Å². The summed E-state index contributed by atoms with van der Waals surface area (Å²) >= 11 is 11.2. The minimum absolute atomic E-state index is 0. The van der Waals surface area contributed by atoms with Crippen molar-refractivity contribution in [2.24, 2.45) is 0 Å². The quantitative estimate of drug-likeness (QED) is 0.807. The number of hydrogen-bond acceptors (Lipinski definition) is 1. The average Bonchev–Trinajstić information content (AvgIpc) is 2.03. The third-order valence-electron chi connectivity index (χ3n) is 1.42. The number of halogens is 3. The number of alkyl halides is 1. The zero-order valence-electron chi connectivity index (χ0n) is 6.46. The van der Waals surface area contributed by atoms with Crippen molar-refractivity contribution in [3.63, 3.8) is 0 Å². The normalized spacial score (nSPS) is 9.08. The third kappa shape index (κ3) is 3.07. The van der Waals surface area contributed by atoms with Crippen molar-refractivity contribution in [2.45, 2.75) is 5.88 Å². The fourth-order valence-electron chi connectivity index (χ4n) is 0.815. The monoisotopic (exact) mass is 240 g/mol. The first kappa shape index (κ1) is 12.6. The van der Waals surface area contributed by atoms with E-state index in [1.165, 1.54) is 6.07 Å². The van der Waals surface area contributed by atoms with Crippen LogP contribution in [0.15, 0.2) is 18.2 Å². The Hall–Kier alpha value is -0.440. The molecule has 0 heterocycles. The van der Waals surface area contributed by atoms with Gasteiger partial charge in [0.15, 0.2) is 0 Å². The van der Waals surface area contributed by atoms with Gasteiger partial charge in [0.2, 0.25) is 0 Å². The van der Waals surface area contributed by atoms with Crippen LogP contribution in [0.3, 0.4) is 0 Å². The molecule has 2 nitrogen and oxygen atoms in total. The number of hydrogen-bond donors (Lipinski definition) is 1. The highest BCUT2D eigenvalue weighted by molar-refractivity contribution is 6.33. The van der Waals surface area contributed by atoms with Crippen LogP contribution in [0.1, 0.15) is 15.9 Å². The van der Waals surface area contributed by atoms with E-state index >= 15 is 0 Å². The molecule has 0 spiro atoms. The van der Waals surface area contributed by atoms with Gasteiger partial charge < -0.3 is 5.11 Å². The maximum atomic E-state index is 10.5. The van der Waals surface area contributed by atoms with Gasteiger partial charge in [-0.15, -0.1) is 24.0 Å². The van der Waals surface area contributed by atoms with Crippen molar-refractivity contribution in [1.82, 2.24) is 0 Å². The molecule has 0 radical (unpaired) electrons. The van der Waals surface area contributed by atoms with Gasteiger partial charge in [-0.2, -0.15) is 0 Å². The Balaban J connectivity index is 0.00000144. The van der Waals surface area contributed by atoms with E-state index in [1.807, 2.05) is 0 Å². The summed E-state index contributed by atoms with van der Waals surface area (Å²) in [5, 5.41) is 8.83. The van der Waals surface area contributed by atoms with E-state index in [1.54, 1.807) is 12.1 Å². The van der Waals surface area contributed by atoms with Gasteiger partial charge in [0.25, 0.3) is 0 Å². The van der Waals surface area contributed by atoms with E-state index < -0.39 is 5.97 Å². The molecule has 0 bridgehead atoms. The van der Waals surface area contributed by atoms with Gasteiger partial charge >= 0.3 is 5.97 Å². The van der Waals surface area contributed by atoms with Crippen molar-refractivity contribution < 1.29 is 9.90 Å². The molecular formula is C8H7Cl3O2. The second-order valence-electron chi connectivity index (χ2n) is 2.25. The van der Waals surface area contributed by atoms with Crippen molar-refractivity contribution in [2.75, 3.05) is 0 Å². The Labute approximate surface area is 91.9 Å². The lowest BCUT2D eigenvalue weighted by atomic mass is 10.1. The molecule has 0 aliphatic heterocycles. The molecule has 1 aromatic carbocycles. The Bertz CT molecular complexity index is 312. The average molecular weight is 242 g/mol. The van der Waals surface area contributed by atoms with Crippen LogP contribution in [0.4, 0.5) is 0 Å². The first-order valence-electron chi connectivity index (χ1n) is 3.23. The zero-order chi connectivity index (χ0) is 9.14. The predicted molar refractivity (Wildman–Crippen MR) is 55.2 cm³/mol. The second-order valence-corrected chi connectivity index (χ2v) is 2.93. The van der Waals surface area contributed by atoms with E-state index in [2.05, 4.69) is 0 Å². The van der Waals surface area contributed by atoms with Crippen LogP contribution in [-0.2, 0) is 5.88 Å². The van der Waals surface area contributed by atoms with Gasteiger partial charge in [0, 0.05) is 5.88 Å². The van der Waals surface area contributed by atoms with Crippen molar-refractivity contribution in [3.8, 4) is 0 Å². The minimum atomic E-state index is -1.03. The first-order valence-corrected chi connectivity index (χ1v) is 4.14. The van der Waals surface area contributed by atoms with E-state index in [9.17, 15) is 4.79 Å². The molecule has 1 aromatic rings. The summed E-state index contributed by atoms with van der Waals surface area (Å²) in [4.78, 5) is 10.5. The van der Waals surface area contributed by atoms with Crippen LogP contribution in [0, 0.1) is 0 Å². The highest BCUT2D eigenvalue weighted by atomic mass is 35.5. The van der Waals surface area contributed by atoms with Gasteiger partial charge in [-0.25, -0.2) is 4.79 Å². The molecule has 0 aliphatic carbocycles. The summed E-state index contributed by atoms with van der Waals surface area (Å²) in [6, 6.07) is 4.64. The van der Waals surface area contributed by atoms with E-state index in [-0.39, 0.29) is 23.0 Å². The zero-order valence-corrected chi connectivity index (χ0v) is 8.79. The Kier molecular flexibility index (Phi) is 5.14. The molecule has 0 fully saturated rings. The molecule has 0 aliphatic rings.